The number of aryl methyl sites for hydroxylation is 1. The standard InChI is InChI=1S/C27H28N6O4/c1-16(20-6-4-14-32(20)2)36-22-10-13-29-26(30-22)24-18-5-3-11-27(25(18)37-31-24)12-9-17-7-8-21(33(34)35)19(15-28)23(17)27/h7-8,10,13,16,20H,3-6,9,11-12,14H2,1-2H3/t16-,20-,27?/m0/s1. The van der Waals surface area contributed by atoms with Gasteiger partial charge in [0.1, 0.15) is 17.7 Å². The monoisotopic (exact) mass is 500 g/mol. The third-order valence-corrected chi connectivity index (χ3v) is 8.40. The lowest BCUT2D eigenvalue weighted by Crippen LogP contribution is -2.38. The van der Waals surface area contributed by atoms with E-state index in [4.69, 9.17) is 9.26 Å². The Kier molecular flexibility index (Phi) is 5.68. The zero-order valence-electron chi connectivity index (χ0n) is 20.9. The molecule has 10 nitrogen and oxygen atoms in total. The van der Waals surface area contributed by atoms with Gasteiger partial charge in [0, 0.05) is 29.9 Å². The van der Waals surface area contributed by atoms with Crippen LogP contribution >= 0.6 is 0 Å². The SMILES string of the molecule is C[C@H](Oc1ccnc(-c2noc3c2CCCC32CCc3ccc([N+](=O)[O-])c(C#N)c32)n1)[C@@H]1CCCN1C. The molecule has 1 saturated heterocycles. The maximum atomic E-state index is 11.7. The molecule has 190 valence electrons. The zero-order chi connectivity index (χ0) is 25.7. The third-order valence-electron chi connectivity index (χ3n) is 8.40. The molecule has 3 aromatic rings. The zero-order valence-corrected chi connectivity index (χ0v) is 20.9. The summed E-state index contributed by atoms with van der Waals surface area (Å²) in [6, 6.07) is 7.45. The van der Waals surface area contributed by atoms with Crippen LogP contribution in [0.25, 0.3) is 11.5 Å². The molecular formula is C27H28N6O4. The van der Waals surface area contributed by atoms with E-state index in [9.17, 15) is 15.4 Å². The van der Waals surface area contributed by atoms with Crippen molar-refractivity contribution >= 4 is 5.69 Å². The fourth-order valence-corrected chi connectivity index (χ4v) is 6.70. The number of nitro groups is 1. The minimum atomic E-state index is -0.610. The molecule has 0 N–H and O–H groups in total. The number of aromatic nitrogens is 3. The molecule has 3 atom stereocenters. The van der Waals surface area contributed by atoms with E-state index in [1.54, 1.807) is 18.3 Å². The van der Waals surface area contributed by atoms with E-state index in [0.29, 0.717) is 29.2 Å². The number of likely N-dealkylation sites (N-methyl/N-ethyl adjacent to an activating group) is 1. The fraction of sp³-hybridized carbons (Fsp3) is 0.481. The van der Waals surface area contributed by atoms with Crippen molar-refractivity contribution in [2.24, 2.45) is 0 Å². The van der Waals surface area contributed by atoms with Gasteiger partial charge in [0.15, 0.2) is 17.3 Å². The van der Waals surface area contributed by atoms with Gasteiger partial charge in [0.25, 0.3) is 5.69 Å². The van der Waals surface area contributed by atoms with Gasteiger partial charge in [-0.15, -0.1) is 0 Å². The van der Waals surface area contributed by atoms with Gasteiger partial charge < -0.3 is 9.26 Å². The Labute approximate surface area is 214 Å². The van der Waals surface area contributed by atoms with E-state index in [2.05, 4.69) is 40.1 Å². The first-order valence-electron chi connectivity index (χ1n) is 12.8. The highest BCUT2D eigenvalue weighted by atomic mass is 16.6. The van der Waals surface area contributed by atoms with Crippen LogP contribution in [0.2, 0.25) is 0 Å². The van der Waals surface area contributed by atoms with E-state index in [-0.39, 0.29) is 17.4 Å². The van der Waals surface area contributed by atoms with Gasteiger partial charge in [-0.1, -0.05) is 11.2 Å². The highest BCUT2D eigenvalue weighted by molar-refractivity contribution is 5.66. The topological polar surface area (TPSA) is 131 Å². The van der Waals surface area contributed by atoms with Crippen molar-refractivity contribution in [3.05, 3.63) is 62.5 Å². The molecule has 1 aliphatic heterocycles. The summed E-state index contributed by atoms with van der Waals surface area (Å²) in [5, 5.41) is 26.0. The maximum absolute atomic E-state index is 11.7. The van der Waals surface area contributed by atoms with Crippen LogP contribution in [0.3, 0.4) is 0 Å². The molecule has 0 radical (unpaired) electrons. The van der Waals surface area contributed by atoms with E-state index in [0.717, 1.165) is 68.2 Å². The van der Waals surface area contributed by atoms with Crippen molar-refractivity contribution in [2.75, 3.05) is 13.6 Å². The lowest BCUT2D eigenvalue weighted by atomic mass is 9.68. The van der Waals surface area contributed by atoms with Crippen LogP contribution in [0.4, 0.5) is 5.69 Å². The van der Waals surface area contributed by atoms with E-state index in [1.807, 2.05) is 0 Å². The summed E-state index contributed by atoms with van der Waals surface area (Å²) in [7, 11) is 2.12. The molecule has 2 aliphatic carbocycles. The average Bonchev–Trinajstić information content (AvgIpc) is 3.62. The smallest absolute Gasteiger partial charge is 0.287 e. The maximum Gasteiger partial charge on any atom is 0.287 e. The van der Waals surface area contributed by atoms with Crippen molar-refractivity contribution in [3.63, 3.8) is 0 Å². The van der Waals surface area contributed by atoms with Gasteiger partial charge in [-0.05, 0) is 76.6 Å². The van der Waals surface area contributed by atoms with Crippen molar-refractivity contribution in [1.29, 1.82) is 5.26 Å². The van der Waals surface area contributed by atoms with Crippen LogP contribution in [-0.4, -0.2) is 50.7 Å². The second-order valence-electron chi connectivity index (χ2n) is 10.4. The molecule has 0 bridgehead atoms. The van der Waals surface area contributed by atoms with Crippen molar-refractivity contribution < 1.29 is 14.2 Å². The molecule has 3 heterocycles. The first-order chi connectivity index (χ1) is 17.9. The molecular weight excluding hydrogens is 472 g/mol. The molecule has 3 aliphatic rings. The van der Waals surface area contributed by atoms with Crippen LogP contribution < -0.4 is 4.74 Å². The summed E-state index contributed by atoms with van der Waals surface area (Å²) in [4.78, 5) is 22.7. The number of nitro benzene ring substituents is 1. The van der Waals surface area contributed by atoms with Gasteiger partial charge in [-0.2, -0.15) is 10.2 Å². The highest BCUT2D eigenvalue weighted by Gasteiger charge is 2.50. The summed E-state index contributed by atoms with van der Waals surface area (Å²) >= 11 is 0. The summed E-state index contributed by atoms with van der Waals surface area (Å²) in [5.41, 5.74) is 2.53. The predicted molar refractivity (Wildman–Crippen MR) is 133 cm³/mol. The molecule has 1 unspecified atom stereocenters. The minimum Gasteiger partial charge on any atom is -0.473 e. The van der Waals surface area contributed by atoms with Crippen molar-refractivity contribution in [3.8, 4) is 23.5 Å². The number of hydrogen-bond acceptors (Lipinski definition) is 9. The minimum absolute atomic E-state index is 0.0140. The second-order valence-corrected chi connectivity index (χ2v) is 10.4. The van der Waals surface area contributed by atoms with Gasteiger partial charge in [-0.25, -0.2) is 4.98 Å². The molecule has 1 fully saturated rings. The van der Waals surface area contributed by atoms with Crippen LogP contribution in [0.5, 0.6) is 5.88 Å². The molecule has 2 aromatic heterocycles. The largest absolute Gasteiger partial charge is 0.473 e. The van der Waals surface area contributed by atoms with Gasteiger partial charge in [-0.3, -0.25) is 15.0 Å². The van der Waals surface area contributed by atoms with Crippen LogP contribution in [-0.2, 0) is 18.3 Å². The first-order valence-corrected chi connectivity index (χ1v) is 12.8. The lowest BCUT2D eigenvalue weighted by molar-refractivity contribution is -0.385. The van der Waals surface area contributed by atoms with E-state index >= 15 is 0 Å². The summed E-state index contributed by atoms with van der Waals surface area (Å²) in [5.74, 6) is 1.61. The molecule has 1 aromatic carbocycles. The summed E-state index contributed by atoms with van der Waals surface area (Å²) in [6.07, 6.45) is 7.68. The third kappa shape index (κ3) is 3.68. The number of ether oxygens (including phenoxy) is 1. The van der Waals surface area contributed by atoms with Crippen LogP contribution in [0.15, 0.2) is 28.9 Å². The van der Waals surface area contributed by atoms with Gasteiger partial charge in [0.2, 0.25) is 5.88 Å². The number of likely N-dealkylation sites (tertiary alicyclic amines) is 1. The average molecular weight is 501 g/mol. The number of nitriles is 1. The van der Waals surface area contributed by atoms with Crippen LogP contribution in [0, 0.1) is 21.4 Å². The predicted octanol–water partition coefficient (Wildman–Crippen LogP) is 4.34. The lowest BCUT2D eigenvalue weighted by Gasteiger charge is -2.32. The Hall–Kier alpha value is -3.84. The van der Waals surface area contributed by atoms with Crippen molar-refractivity contribution in [2.45, 2.75) is 69.4 Å². The van der Waals surface area contributed by atoms with Crippen LogP contribution in [0.1, 0.15) is 67.0 Å². The summed E-state index contributed by atoms with van der Waals surface area (Å²) < 4.78 is 12.2. The second kappa shape index (κ2) is 8.92. The normalized spacial score (nSPS) is 23.4. The summed E-state index contributed by atoms with van der Waals surface area (Å²) in [6.45, 7) is 3.14. The number of rotatable bonds is 5. The highest BCUT2D eigenvalue weighted by Crippen LogP contribution is 2.54. The van der Waals surface area contributed by atoms with Gasteiger partial charge in [0.05, 0.1) is 10.3 Å². The molecule has 0 amide bonds. The Morgan fingerprint density at radius 2 is 2.16 bits per heavy atom. The van der Waals surface area contributed by atoms with E-state index < -0.39 is 10.3 Å². The quantitative estimate of drug-likeness (QED) is 0.371. The molecule has 37 heavy (non-hydrogen) atoms. The Morgan fingerprint density at radius 3 is 2.92 bits per heavy atom. The Morgan fingerprint density at radius 1 is 1.30 bits per heavy atom. The molecule has 1 spiro atoms. The molecule has 6 rings (SSSR count). The number of nitrogens with zero attached hydrogens (tertiary/aromatic N) is 6. The van der Waals surface area contributed by atoms with Crippen molar-refractivity contribution in [1.82, 2.24) is 20.0 Å². The number of fused-ring (bicyclic) bond motifs is 4. The fourth-order valence-electron chi connectivity index (χ4n) is 6.70. The molecule has 0 saturated carbocycles. The Bertz CT molecular complexity index is 1430. The molecule has 10 heteroatoms. The first kappa shape index (κ1) is 23.6. The van der Waals surface area contributed by atoms with Gasteiger partial charge >= 0.3 is 0 Å². The Balaban J connectivity index is 1.38. The number of hydrogen-bond donors (Lipinski definition) is 0. The van der Waals surface area contributed by atoms with E-state index in [1.165, 1.54) is 6.07 Å². The number of benzene rings is 1.